The number of nitrogens with one attached hydrogen (secondary N) is 1. The number of hydrogen-bond acceptors (Lipinski definition) is 2. The van der Waals surface area contributed by atoms with Crippen LogP contribution < -0.4 is 4.72 Å². The maximum absolute atomic E-state index is 14.6. The van der Waals surface area contributed by atoms with Crippen LogP contribution in [-0.4, -0.2) is 8.42 Å². The first-order valence-electron chi connectivity index (χ1n) is 8.55. The highest BCUT2D eigenvalue weighted by atomic mass is 35.5. The maximum atomic E-state index is 14.6. The Bertz CT molecular complexity index is 869. The summed E-state index contributed by atoms with van der Waals surface area (Å²) in [5.74, 6) is -2.10. The van der Waals surface area contributed by atoms with Crippen molar-refractivity contribution in [3.8, 4) is 0 Å². The number of sulfonamides is 1. The first kappa shape index (κ1) is 19.3. The molecule has 1 aliphatic carbocycles. The van der Waals surface area contributed by atoms with Gasteiger partial charge in [-0.2, -0.15) is 0 Å². The molecule has 2 aromatic carbocycles. The predicted octanol–water partition coefficient (Wildman–Crippen LogP) is 4.97. The molecule has 2 aromatic rings. The molecule has 1 aliphatic rings. The Morgan fingerprint density at radius 3 is 2.38 bits per heavy atom. The Morgan fingerprint density at radius 2 is 1.73 bits per heavy atom. The van der Waals surface area contributed by atoms with Gasteiger partial charge < -0.3 is 0 Å². The van der Waals surface area contributed by atoms with Crippen molar-refractivity contribution in [2.24, 2.45) is 5.92 Å². The number of halogens is 3. The van der Waals surface area contributed by atoms with E-state index >= 15 is 0 Å². The van der Waals surface area contributed by atoms with Gasteiger partial charge >= 0.3 is 0 Å². The van der Waals surface area contributed by atoms with E-state index in [1.165, 1.54) is 0 Å². The van der Waals surface area contributed by atoms with Crippen LogP contribution in [0.2, 0.25) is 5.02 Å². The molecule has 0 aromatic heterocycles. The Labute approximate surface area is 157 Å². The highest BCUT2D eigenvalue weighted by Crippen LogP contribution is 2.39. The number of hydrogen-bond donors (Lipinski definition) is 1. The molecule has 1 unspecified atom stereocenters. The van der Waals surface area contributed by atoms with E-state index in [1.807, 2.05) is 0 Å². The summed E-state index contributed by atoms with van der Waals surface area (Å²) in [6, 6.07) is 9.93. The fourth-order valence-electron chi connectivity index (χ4n) is 3.54. The van der Waals surface area contributed by atoms with Crippen LogP contribution in [0.15, 0.2) is 42.5 Å². The number of rotatable bonds is 6. The zero-order valence-electron chi connectivity index (χ0n) is 14.1. The summed E-state index contributed by atoms with van der Waals surface area (Å²) in [4.78, 5) is 0. The zero-order chi connectivity index (χ0) is 18.7. The summed E-state index contributed by atoms with van der Waals surface area (Å²) in [6.07, 6.45) is 3.24. The van der Waals surface area contributed by atoms with Crippen LogP contribution in [0.25, 0.3) is 0 Å². The summed E-state index contributed by atoms with van der Waals surface area (Å²) in [6.45, 7) is 0. The van der Waals surface area contributed by atoms with Crippen molar-refractivity contribution in [2.45, 2.75) is 37.5 Å². The van der Waals surface area contributed by atoms with Crippen LogP contribution >= 0.6 is 11.6 Å². The van der Waals surface area contributed by atoms with E-state index < -0.39 is 27.7 Å². The lowest BCUT2D eigenvalue weighted by Gasteiger charge is -2.26. The fraction of sp³-hybridized carbons (Fsp3) is 0.368. The average Bonchev–Trinajstić information content (AvgIpc) is 3.12. The summed E-state index contributed by atoms with van der Waals surface area (Å²) in [5, 5.41) is -0.216. The van der Waals surface area contributed by atoms with E-state index in [-0.39, 0.29) is 22.3 Å². The van der Waals surface area contributed by atoms with Gasteiger partial charge in [-0.15, -0.1) is 0 Å². The molecule has 7 heteroatoms. The van der Waals surface area contributed by atoms with Gasteiger partial charge in [0.25, 0.3) is 0 Å². The van der Waals surface area contributed by atoms with Crippen LogP contribution in [0.4, 0.5) is 8.78 Å². The van der Waals surface area contributed by atoms with E-state index in [1.54, 1.807) is 30.3 Å². The molecule has 1 N–H and O–H groups in total. The third-order valence-electron chi connectivity index (χ3n) is 4.77. The van der Waals surface area contributed by atoms with Gasteiger partial charge in [0, 0.05) is 5.56 Å². The largest absolute Gasteiger partial charge is 0.216 e. The number of benzene rings is 2. The molecule has 26 heavy (non-hydrogen) atoms. The molecule has 140 valence electrons. The molecule has 1 atom stereocenters. The first-order valence-corrected chi connectivity index (χ1v) is 10.6. The van der Waals surface area contributed by atoms with Crippen molar-refractivity contribution in [3.05, 3.63) is 70.2 Å². The SMILES string of the molecule is O=S(=O)(Cc1ccccc1)NC(c1c(F)ccc(Cl)c1F)C1CCCC1. The van der Waals surface area contributed by atoms with E-state index in [0.29, 0.717) is 18.4 Å². The minimum Gasteiger partial charge on any atom is -0.212 e. The fourth-order valence-corrected chi connectivity index (χ4v) is 5.11. The molecular weight excluding hydrogens is 380 g/mol. The Hall–Kier alpha value is -1.50. The zero-order valence-corrected chi connectivity index (χ0v) is 15.7. The summed E-state index contributed by atoms with van der Waals surface area (Å²) < 4.78 is 56.8. The van der Waals surface area contributed by atoms with Crippen LogP contribution in [-0.2, 0) is 15.8 Å². The van der Waals surface area contributed by atoms with Crippen molar-refractivity contribution in [1.29, 1.82) is 0 Å². The summed E-state index contributed by atoms with van der Waals surface area (Å²) >= 11 is 5.82. The van der Waals surface area contributed by atoms with Gasteiger partial charge in [-0.3, -0.25) is 0 Å². The lowest BCUT2D eigenvalue weighted by Crippen LogP contribution is -2.35. The van der Waals surface area contributed by atoms with Gasteiger partial charge in [0.05, 0.1) is 16.8 Å². The lowest BCUT2D eigenvalue weighted by molar-refractivity contribution is 0.382. The average molecular weight is 400 g/mol. The molecule has 3 rings (SSSR count). The topological polar surface area (TPSA) is 46.2 Å². The quantitative estimate of drug-likeness (QED) is 0.697. The molecule has 1 saturated carbocycles. The second-order valence-corrected chi connectivity index (χ2v) is 8.80. The van der Waals surface area contributed by atoms with E-state index in [4.69, 9.17) is 11.6 Å². The van der Waals surface area contributed by atoms with E-state index in [9.17, 15) is 17.2 Å². The van der Waals surface area contributed by atoms with Crippen LogP contribution in [0.5, 0.6) is 0 Å². The molecule has 0 spiro atoms. The standard InChI is InChI=1S/C19H20ClF2NO2S/c20-15-10-11-16(21)17(18(15)22)19(14-8-4-5-9-14)23-26(24,25)12-13-6-2-1-3-7-13/h1-3,6-7,10-11,14,19,23H,4-5,8-9,12H2. The van der Waals surface area contributed by atoms with Gasteiger partial charge in [-0.1, -0.05) is 54.8 Å². The Balaban J connectivity index is 1.94. The van der Waals surface area contributed by atoms with Crippen molar-refractivity contribution in [3.63, 3.8) is 0 Å². The van der Waals surface area contributed by atoms with Crippen LogP contribution in [0.3, 0.4) is 0 Å². The molecule has 0 aliphatic heterocycles. The van der Waals surface area contributed by atoms with Crippen LogP contribution in [0, 0.1) is 17.6 Å². The highest BCUT2D eigenvalue weighted by molar-refractivity contribution is 7.88. The molecule has 0 radical (unpaired) electrons. The second-order valence-electron chi connectivity index (χ2n) is 6.64. The van der Waals surface area contributed by atoms with Gasteiger partial charge in [0.15, 0.2) is 0 Å². The summed E-state index contributed by atoms with van der Waals surface area (Å²) in [5.41, 5.74) is 0.318. The highest BCUT2D eigenvalue weighted by Gasteiger charge is 2.34. The maximum Gasteiger partial charge on any atom is 0.216 e. The predicted molar refractivity (Wildman–Crippen MR) is 98.3 cm³/mol. The molecule has 0 saturated heterocycles. The minimum absolute atomic E-state index is 0.164. The summed E-state index contributed by atoms with van der Waals surface area (Å²) in [7, 11) is -3.79. The van der Waals surface area contributed by atoms with E-state index in [2.05, 4.69) is 4.72 Å². The normalized spacial score (nSPS) is 16.7. The van der Waals surface area contributed by atoms with Gasteiger partial charge in [-0.25, -0.2) is 21.9 Å². The van der Waals surface area contributed by atoms with Crippen molar-refractivity contribution in [1.82, 2.24) is 4.72 Å². The monoisotopic (exact) mass is 399 g/mol. The third-order valence-corrected chi connectivity index (χ3v) is 6.39. The second kappa shape index (κ2) is 8.03. The molecule has 0 amide bonds. The Kier molecular flexibility index (Phi) is 5.95. The Morgan fingerprint density at radius 1 is 1.08 bits per heavy atom. The molecule has 0 bridgehead atoms. The van der Waals surface area contributed by atoms with Gasteiger partial charge in [0.2, 0.25) is 10.0 Å². The van der Waals surface area contributed by atoms with E-state index in [0.717, 1.165) is 25.0 Å². The first-order chi connectivity index (χ1) is 12.4. The minimum atomic E-state index is -3.79. The van der Waals surface area contributed by atoms with Crippen molar-refractivity contribution >= 4 is 21.6 Å². The van der Waals surface area contributed by atoms with Crippen molar-refractivity contribution in [2.75, 3.05) is 0 Å². The third kappa shape index (κ3) is 4.42. The van der Waals surface area contributed by atoms with Gasteiger partial charge in [0.1, 0.15) is 11.6 Å². The molecular formula is C19H20ClF2NO2S. The van der Waals surface area contributed by atoms with Crippen molar-refractivity contribution < 1.29 is 17.2 Å². The van der Waals surface area contributed by atoms with Gasteiger partial charge in [-0.05, 0) is 36.5 Å². The molecule has 0 heterocycles. The molecule has 3 nitrogen and oxygen atoms in total. The molecule has 1 fully saturated rings. The smallest absolute Gasteiger partial charge is 0.212 e. The van der Waals surface area contributed by atoms with Crippen LogP contribution in [0.1, 0.15) is 42.9 Å². The lowest BCUT2D eigenvalue weighted by atomic mass is 9.92.